The zero-order chi connectivity index (χ0) is 12.3. The van der Waals surface area contributed by atoms with Crippen LogP contribution < -0.4 is 5.73 Å². The van der Waals surface area contributed by atoms with Crippen molar-refractivity contribution >= 4 is 0 Å². The number of hydrogen-bond acceptors (Lipinski definition) is 5. The van der Waals surface area contributed by atoms with Crippen LogP contribution in [0.3, 0.4) is 0 Å². The van der Waals surface area contributed by atoms with Gasteiger partial charge in [-0.1, -0.05) is 12.1 Å². The van der Waals surface area contributed by atoms with Crippen LogP contribution in [0.15, 0.2) is 4.52 Å². The van der Waals surface area contributed by atoms with E-state index in [4.69, 9.17) is 15.0 Å². The molecule has 1 aliphatic carbocycles. The molecular formula is C12H21N3O2. The third kappa shape index (κ3) is 2.35. The average molecular weight is 239 g/mol. The van der Waals surface area contributed by atoms with Crippen molar-refractivity contribution in [1.29, 1.82) is 0 Å². The van der Waals surface area contributed by atoms with E-state index in [-0.39, 0.29) is 11.6 Å². The van der Waals surface area contributed by atoms with E-state index < -0.39 is 0 Å². The predicted octanol–water partition coefficient (Wildman–Crippen LogP) is 2.29. The molecule has 0 amide bonds. The van der Waals surface area contributed by atoms with Gasteiger partial charge in [-0.2, -0.15) is 4.98 Å². The van der Waals surface area contributed by atoms with E-state index in [0.717, 1.165) is 32.1 Å². The van der Waals surface area contributed by atoms with E-state index in [1.165, 1.54) is 0 Å². The van der Waals surface area contributed by atoms with Crippen LogP contribution in [0.25, 0.3) is 0 Å². The maximum atomic E-state index is 5.89. The van der Waals surface area contributed by atoms with Crippen molar-refractivity contribution in [3.05, 3.63) is 11.7 Å². The van der Waals surface area contributed by atoms with Crippen molar-refractivity contribution < 1.29 is 9.26 Å². The Hall–Kier alpha value is -0.940. The lowest BCUT2D eigenvalue weighted by Gasteiger charge is -2.24. The number of ether oxygens (including phenoxy) is 1. The summed E-state index contributed by atoms with van der Waals surface area (Å²) in [5.41, 5.74) is 5.56. The first kappa shape index (κ1) is 12.5. The van der Waals surface area contributed by atoms with E-state index in [1.807, 2.05) is 13.8 Å². The lowest BCUT2D eigenvalue weighted by Crippen LogP contribution is -2.27. The Morgan fingerprint density at radius 3 is 2.71 bits per heavy atom. The number of aromatic nitrogens is 2. The van der Waals surface area contributed by atoms with Crippen LogP contribution in [-0.4, -0.2) is 16.7 Å². The standard InChI is InChI=1S/C12H21N3O2/c1-3-9(13)10-14-11(15-17-10)12(16-4-2)7-5-6-8-12/h9H,3-8,13H2,1-2H3. The largest absolute Gasteiger partial charge is 0.367 e. The highest BCUT2D eigenvalue weighted by Gasteiger charge is 2.41. The van der Waals surface area contributed by atoms with Gasteiger partial charge in [-0.25, -0.2) is 0 Å². The second kappa shape index (κ2) is 5.14. The molecule has 1 fully saturated rings. The van der Waals surface area contributed by atoms with Gasteiger partial charge in [-0.05, 0) is 39.0 Å². The maximum Gasteiger partial charge on any atom is 0.243 e. The van der Waals surface area contributed by atoms with E-state index >= 15 is 0 Å². The Morgan fingerprint density at radius 1 is 1.41 bits per heavy atom. The molecule has 1 unspecified atom stereocenters. The Balaban J connectivity index is 2.22. The van der Waals surface area contributed by atoms with Crippen LogP contribution in [0, 0.1) is 0 Å². The molecule has 0 aliphatic heterocycles. The Labute approximate surface area is 102 Å². The Kier molecular flexibility index (Phi) is 3.79. The molecule has 1 aromatic rings. The lowest BCUT2D eigenvalue weighted by molar-refractivity contribution is -0.0469. The van der Waals surface area contributed by atoms with Gasteiger partial charge in [0.2, 0.25) is 11.7 Å². The zero-order valence-corrected chi connectivity index (χ0v) is 10.6. The highest BCUT2D eigenvalue weighted by atomic mass is 16.5. The summed E-state index contributed by atoms with van der Waals surface area (Å²) < 4.78 is 11.1. The molecule has 0 aromatic carbocycles. The Morgan fingerprint density at radius 2 is 2.12 bits per heavy atom. The SMILES string of the molecule is CCOC1(c2noc(C(N)CC)n2)CCCC1. The lowest BCUT2D eigenvalue weighted by atomic mass is 10.0. The molecular weight excluding hydrogens is 218 g/mol. The van der Waals surface area contributed by atoms with Crippen molar-refractivity contribution in [3.8, 4) is 0 Å². The molecule has 1 atom stereocenters. The summed E-state index contributed by atoms with van der Waals surface area (Å²) in [5.74, 6) is 1.20. The van der Waals surface area contributed by atoms with Crippen LogP contribution in [0.5, 0.6) is 0 Å². The summed E-state index contributed by atoms with van der Waals surface area (Å²) in [4.78, 5) is 4.43. The fourth-order valence-electron chi connectivity index (χ4n) is 2.40. The monoisotopic (exact) mass is 239 g/mol. The molecule has 0 spiro atoms. The van der Waals surface area contributed by atoms with E-state index in [2.05, 4.69) is 10.1 Å². The van der Waals surface area contributed by atoms with Crippen LogP contribution in [0.1, 0.15) is 63.7 Å². The molecule has 17 heavy (non-hydrogen) atoms. The molecule has 1 aliphatic rings. The number of hydrogen-bond donors (Lipinski definition) is 1. The topological polar surface area (TPSA) is 74.2 Å². The summed E-state index contributed by atoms with van der Waals surface area (Å²) in [5, 5.41) is 4.07. The predicted molar refractivity (Wildman–Crippen MR) is 63.3 cm³/mol. The fourth-order valence-corrected chi connectivity index (χ4v) is 2.40. The van der Waals surface area contributed by atoms with Crippen LogP contribution in [-0.2, 0) is 10.3 Å². The van der Waals surface area contributed by atoms with Gasteiger partial charge < -0.3 is 15.0 Å². The minimum Gasteiger partial charge on any atom is -0.367 e. The molecule has 2 rings (SSSR count). The van der Waals surface area contributed by atoms with Crippen molar-refractivity contribution in [2.24, 2.45) is 5.73 Å². The van der Waals surface area contributed by atoms with Gasteiger partial charge in [0.15, 0.2) is 0 Å². The van der Waals surface area contributed by atoms with E-state index in [9.17, 15) is 0 Å². The van der Waals surface area contributed by atoms with Crippen LogP contribution >= 0.6 is 0 Å². The van der Waals surface area contributed by atoms with Crippen molar-refractivity contribution in [2.75, 3.05) is 6.61 Å². The van der Waals surface area contributed by atoms with E-state index in [0.29, 0.717) is 18.3 Å². The van der Waals surface area contributed by atoms with Gasteiger partial charge in [-0.15, -0.1) is 0 Å². The maximum absolute atomic E-state index is 5.89. The Bertz CT molecular complexity index is 358. The third-order valence-electron chi connectivity index (χ3n) is 3.44. The molecule has 2 N–H and O–H groups in total. The first-order chi connectivity index (χ1) is 8.22. The van der Waals surface area contributed by atoms with Crippen molar-refractivity contribution in [2.45, 2.75) is 57.6 Å². The summed E-state index contributed by atoms with van der Waals surface area (Å²) in [6.45, 7) is 4.67. The molecule has 0 saturated heterocycles. The molecule has 5 heteroatoms. The number of rotatable bonds is 5. The van der Waals surface area contributed by atoms with Crippen LogP contribution in [0.4, 0.5) is 0 Å². The summed E-state index contributed by atoms with van der Waals surface area (Å²) >= 11 is 0. The van der Waals surface area contributed by atoms with Gasteiger partial charge in [0.25, 0.3) is 0 Å². The molecule has 5 nitrogen and oxygen atoms in total. The van der Waals surface area contributed by atoms with Crippen molar-refractivity contribution in [3.63, 3.8) is 0 Å². The second-order valence-electron chi connectivity index (χ2n) is 4.61. The molecule has 96 valence electrons. The summed E-state index contributed by atoms with van der Waals surface area (Å²) in [7, 11) is 0. The van der Waals surface area contributed by atoms with Gasteiger partial charge in [0.05, 0.1) is 6.04 Å². The molecule has 1 saturated carbocycles. The highest BCUT2D eigenvalue weighted by Crippen LogP contribution is 2.40. The first-order valence-electron chi connectivity index (χ1n) is 6.45. The van der Waals surface area contributed by atoms with Gasteiger partial charge in [-0.3, -0.25) is 0 Å². The van der Waals surface area contributed by atoms with E-state index in [1.54, 1.807) is 0 Å². The highest BCUT2D eigenvalue weighted by molar-refractivity contribution is 5.05. The van der Waals surface area contributed by atoms with Crippen LogP contribution in [0.2, 0.25) is 0 Å². The van der Waals surface area contributed by atoms with Gasteiger partial charge in [0.1, 0.15) is 5.60 Å². The minimum atomic E-state index is -0.329. The summed E-state index contributed by atoms with van der Waals surface area (Å²) in [6.07, 6.45) is 5.05. The minimum absolute atomic E-state index is 0.170. The van der Waals surface area contributed by atoms with Crippen molar-refractivity contribution in [1.82, 2.24) is 10.1 Å². The molecule has 1 heterocycles. The van der Waals surface area contributed by atoms with Gasteiger partial charge >= 0.3 is 0 Å². The molecule has 1 aromatic heterocycles. The first-order valence-corrected chi connectivity index (χ1v) is 6.45. The number of nitrogens with two attached hydrogens (primary N) is 1. The fraction of sp³-hybridized carbons (Fsp3) is 0.833. The normalized spacial score (nSPS) is 20.6. The zero-order valence-electron chi connectivity index (χ0n) is 10.6. The number of nitrogens with zero attached hydrogens (tertiary/aromatic N) is 2. The average Bonchev–Trinajstić information content (AvgIpc) is 2.97. The quantitative estimate of drug-likeness (QED) is 0.853. The summed E-state index contributed by atoms with van der Waals surface area (Å²) in [6, 6.07) is -0.170. The molecule has 0 bridgehead atoms. The third-order valence-corrected chi connectivity index (χ3v) is 3.44. The smallest absolute Gasteiger partial charge is 0.243 e. The second-order valence-corrected chi connectivity index (χ2v) is 4.61. The van der Waals surface area contributed by atoms with Gasteiger partial charge in [0, 0.05) is 6.61 Å². The molecule has 0 radical (unpaired) electrons.